The Morgan fingerprint density at radius 2 is 2.15 bits per heavy atom. The van der Waals surface area contributed by atoms with Crippen LogP contribution in [-0.2, 0) is 5.41 Å². The Morgan fingerprint density at radius 1 is 1.46 bits per heavy atom. The summed E-state index contributed by atoms with van der Waals surface area (Å²) in [5.74, 6) is 0. The van der Waals surface area contributed by atoms with E-state index in [1.165, 1.54) is 5.56 Å². The van der Waals surface area contributed by atoms with Crippen molar-refractivity contribution in [3.63, 3.8) is 0 Å². The zero-order valence-electron chi connectivity index (χ0n) is 7.84. The summed E-state index contributed by atoms with van der Waals surface area (Å²) in [6.07, 6.45) is 0.553. The van der Waals surface area contributed by atoms with Gasteiger partial charge < -0.3 is 5.11 Å². The number of aliphatic hydroxyl groups is 1. The molecule has 0 heterocycles. The maximum Gasteiger partial charge on any atom is 0.0801 e. The molecule has 0 radical (unpaired) electrons. The van der Waals surface area contributed by atoms with E-state index in [9.17, 15) is 5.11 Å². The van der Waals surface area contributed by atoms with Gasteiger partial charge in [0.15, 0.2) is 0 Å². The normalized spacial score (nSPS) is 24.5. The largest absolute Gasteiger partial charge is 0.388 e. The van der Waals surface area contributed by atoms with E-state index in [0.717, 1.165) is 16.5 Å². The molecule has 2 rings (SSSR count). The molecule has 1 N–H and O–H groups in total. The van der Waals surface area contributed by atoms with Crippen molar-refractivity contribution in [2.45, 2.75) is 31.8 Å². The number of rotatable bonds is 0. The minimum Gasteiger partial charge on any atom is -0.388 e. The summed E-state index contributed by atoms with van der Waals surface area (Å²) in [6, 6.07) is 6.12. The molecule has 0 aromatic heterocycles. The summed E-state index contributed by atoms with van der Waals surface area (Å²) in [4.78, 5) is 0. The van der Waals surface area contributed by atoms with Gasteiger partial charge in [0.25, 0.3) is 0 Å². The second kappa shape index (κ2) is 2.82. The molecule has 1 aromatic carbocycles. The van der Waals surface area contributed by atoms with E-state index in [0.29, 0.717) is 0 Å². The molecule has 1 nitrogen and oxygen atoms in total. The highest BCUT2D eigenvalue weighted by molar-refractivity contribution is 9.10. The van der Waals surface area contributed by atoms with Crippen LogP contribution in [0.15, 0.2) is 22.7 Å². The minimum atomic E-state index is -0.280. The fraction of sp³-hybridized carbons (Fsp3) is 0.455. The van der Waals surface area contributed by atoms with Crippen LogP contribution in [0.2, 0.25) is 0 Å². The Labute approximate surface area is 86.9 Å². The van der Waals surface area contributed by atoms with Crippen LogP contribution in [0.1, 0.15) is 37.5 Å². The second-order valence-electron chi connectivity index (χ2n) is 4.34. The molecule has 0 saturated carbocycles. The van der Waals surface area contributed by atoms with E-state index in [1.54, 1.807) is 0 Å². The molecule has 70 valence electrons. The second-order valence-corrected chi connectivity index (χ2v) is 5.25. The highest BCUT2D eigenvalue weighted by atomic mass is 79.9. The third-order valence-electron chi connectivity index (χ3n) is 2.81. The molecule has 1 aliphatic rings. The van der Waals surface area contributed by atoms with Gasteiger partial charge in [-0.2, -0.15) is 0 Å². The van der Waals surface area contributed by atoms with Crippen LogP contribution in [0, 0.1) is 0 Å². The van der Waals surface area contributed by atoms with Crippen molar-refractivity contribution in [1.82, 2.24) is 0 Å². The maximum atomic E-state index is 9.79. The van der Waals surface area contributed by atoms with Crippen LogP contribution in [0.25, 0.3) is 0 Å². The average molecular weight is 241 g/mol. The molecular formula is C11H13BrO. The van der Waals surface area contributed by atoms with Crippen LogP contribution < -0.4 is 0 Å². The number of hydrogen-bond acceptors (Lipinski definition) is 1. The molecule has 1 unspecified atom stereocenters. The van der Waals surface area contributed by atoms with E-state index in [1.807, 2.05) is 12.1 Å². The first-order valence-electron chi connectivity index (χ1n) is 4.49. The monoisotopic (exact) mass is 240 g/mol. The van der Waals surface area contributed by atoms with Gasteiger partial charge in [-0.3, -0.25) is 0 Å². The van der Waals surface area contributed by atoms with Crippen molar-refractivity contribution in [1.29, 1.82) is 0 Å². The Morgan fingerprint density at radius 3 is 2.85 bits per heavy atom. The number of halogens is 1. The summed E-state index contributed by atoms with van der Waals surface area (Å²) >= 11 is 3.45. The zero-order valence-corrected chi connectivity index (χ0v) is 9.43. The summed E-state index contributed by atoms with van der Waals surface area (Å²) < 4.78 is 1.09. The van der Waals surface area contributed by atoms with Gasteiger partial charge in [0.05, 0.1) is 6.10 Å². The van der Waals surface area contributed by atoms with Gasteiger partial charge in [0.2, 0.25) is 0 Å². The van der Waals surface area contributed by atoms with Gasteiger partial charge in [-0.25, -0.2) is 0 Å². The van der Waals surface area contributed by atoms with Crippen LogP contribution in [-0.4, -0.2) is 5.11 Å². The molecule has 0 amide bonds. The van der Waals surface area contributed by atoms with Gasteiger partial charge >= 0.3 is 0 Å². The van der Waals surface area contributed by atoms with Crippen molar-refractivity contribution in [2.75, 3.05) is 0 Å². The Kier molecular flexibility index (Phi) is 2.00. The molecule has 0 aliphatic heterocycles. The zero-order chi connectivity index (χ0) is 9.64. The third kappa shape index (κ3) is 1.42. The van der Waals surface area contributed by atoms with Crippen molar-refractivity contribution >= 4 is 15.9 Å². The molecule has 0 saturated heterocycles. The first-order chi connectivity index (χ1) is 6.00. The standard InChI is InChI=1S/C11H13BrO/c1-11(2)6-10(13)8-4-3-7(12)5-9(8)11/h3-5,10,13H,6H2,1-2H3. The lowest BCUT2D eigenvalue weighted by atomic mass is 9.87. The van der Waals surface area contributed by atoms with E-state index in [-0.39, 0.29) is 11.5 Å². The molecule has 0 fully saturated rings. The lowest BCUT2D eigenvalue weighted by Crippen LogP contribution is -2.12. The average Bonchev–Trinajstić information content (AvgIpc) is 2.23. The number of fused-ring (bicyclic) bond motifs is 1. The van der Waals surface area contributed by atoms with E-state index in [4.69, 9.17) is 0 Å². The molecule has 1 atom stereocenters. The maximum absolute atomic E-state index is 9.79. The highest BCUT2D eigenvalue weighted by Gasteiger charge is 2.35. The molecular weight excluding hydrogens is 228 g/mol. The number of hydrogen-bond donors (Lipinski definition) is 1. The predicted molar refractivity (Wildman–Crippen MR) is 56.7 cm³/mol. The summed E-state index contributed by atoms with van der Waals surface area (Å²) in [6.45, 7) is 4.35. The van der Waals surface area contributed by atoms with Crippen LogP contribution in [0.5, 0.6) is 0 Å². The van der Waals surface area contributed by atoms with Gasteiger partial charge in [-0.1, -0.05) is 35.8 Å². The quantitative estimate of drug-likeness (QED) is 0.739. The topological polar surface area (TPSA) is 20.2 Å². The highest BCUT2D eigenvalue weighted by Crippen LogP contribution is 2.45. The molecule has 13 heavy (non-hydrogen) atoms. The van der Waals surface area contributed by atoms with Gasteiger partial charge in [-0.05, 0) is 35.1 Å². The fourth-order valence-corrected chi connectivity index (χ4v) is 2.47. The third-order valence-corrected chi connectivity index (χ3v) is 3.30. The molecule has 0 bridgehead atoms. The Balaban J connectivity index is 2.60. The van der Waals surface area contributed by atoms with E-state index < -0.39 is 0 Å². The molecule has 1 aromatic rings. The van der Waals surface area contributed by atoms with E-state index in [2.05, 4.69) is 35.8 Å². The molecule has 0 spiro atoms. The van der Waals surface area contributed by atoms with E-state index >= 15 is 0 Å². The summed E-state index contributed by atoms with van der Waals surface area (Å²) in [5, 5.41) is 9.79. The van der Waals surface area contributed by atoms with Crippen LogP contribution >= 0.6 is 15.9 Å². The van der Waals surface area contributed by atoms with Crippen LogP contribution in [0.3, 0.4) is 0 Å². The van der Waals surface area contributed by atoms with Gasteiger partial charge in [-0.15, -0.1) is 0 Å². The summed E-state index contributed by atoms with van der Waals surface area (Å²) in [5.41, 5.74) is 2.47. The SMILES string of the molecule is CC1(C)CC(O)c2ccc(Br)cc21. The fourth-order valence-electron chi connectivity index (χ4n) is 2.11. The first-order valence-corrected chi connectivity index (χ1v) is 5.28. The Bertz CT molecular complexity index is 344. The van der Waals surface area contributed by atoms with Crippen molar-refractivity contribution in [3.05, 3.63) is 33.8 Å². The minimum absolute atomic E-state index is 0.110. The first kappa shape index (κ1) is 9.22. The molecule has 2 heteroatoms. The lowest BCUT2D eigenvalue weighted by molar-refractivity contribution is 0.161. The van der Waals surface area contributed by atoms with Crippen LogP contribution in [0.4, 0.5) is 0 Å². The van der Waals surface area contributed by atoms with Crippen molar-refractivity contribution in [2.24, 2.45) is 0 Å². The van der Waals surface area contributed by atoms with Crippen molar-refractivity contribution in [3.8, 4) is 0 Å². The Hall–Kier alpha value is -0.340. The molecule has 1 aliphatic carbocycles. The van der Waals surface area contributed by atoms with Gasteiger partial charge in [0, 0.05) is 4.47 Å². The number of aliphatic hydroxyl groups excluding tert-OH is 1. The smallest absolute Gasteiger partial charge is 0.0801 e. The van der Waals surface area contributed by atoms with Crippen molar-refractivity contribution < 1.29 is 5.11 Å². The van der Waals surface area contributed by atoms with Gasteiger partial charge in [0.1, 0.15) is 0 Å². The number of benzene rings is 1. The predicted octanol–water partition coefficient (Wildman–Crippen LogP) is 3.16. The lowest BCUT2D eigenvalue weighted by Gasteiger charge is -2.18. The summed E-state index contributed by atoms with van der Waals surface area (Å²) in [7, 11) is 0.